The molecule has 4 aliphatic rings. The van der Waals surface area contributed by atoms with E-state index in [9.17, 15) is 9.90 Å². The fourth-order valence-corrected chi connectivity index (χ4v) is 7.45. The third kappa shape index (κ3) is 1.79. The largest absolute Gasteiger partial charge is 0.393 e. The van der Waals surface area contributed by atoms with Crippen LogP contribution in [0, 0.1) is 40.4 Å². The molecule has 0 unspecified atom stereocenters. The number of carbonyl (C=O) groups excluding carboxylic acids is 1. The maximum atomic E-state index is 12.1. The van der Waals surface area contributed by atoms with Gasteiger partial charge in [0, 0.05) is 12.8 Å². The lowest BCUT2D eigenvalue weighted by atomic mass is 9.44. The Balaban J connectivity index is 1.67. The molecule has 2 nitrogen and oxygen atoms in total. The number of rotatable bonds is 0. The molecule has 8 atom stereocenters. The van der Waals surface area contributed by atoms with Gasteiger partial charge in [0.25, 0.3) is 0 Å². The highest BCUT2D eigenvalue weighted by Crippen LogP contribution is 2.66. The Kier molecular flexibility index (Phi) is 3.32. The number of fused-ring (bicyclic) bond motifs is 5. The van der Waals surface area contributed by atoms with Gasteiger partial charge in [0.05, 0.1) is 6.10 Å². The van der Waals surface area contributed by atoms with Gasteiger partial charge < -0.3 is 5.11 Å². The van der Waals surface area contributed by atoms with Crippen molar-refractivity contribution in [2.75, 3.05) is 0 Å². The lowest BCUT2D eigenvalue weighted by molar-refractivity contribution is -0.154. The molecule has 4 aliphatic carbocycles. The first-order valence-corrected chi connectivity index (χ1v) is 9.57. The smallest absolute Gasteiger partial charge is 0.133 e. The van der Waals surface area contributed by atoms with Crippen molar-refractivity contribution >= 4 is 5.78 Å². The first-order chi connectivity index (χ1) is 10.4. The summed E-state index contributed by atoms with van der Waals surface area (Å²) < 4.78 is 0. The van der Waals surface area contributed by atoms with Gasteiger partial charge in [-0.15, -0.1) is 0 Å². The first-order valence-electron chi connectivity index (χ1n) is 9.57. The molecule has 4 fully saturated rings. The lowest BCUT2D eigenvalue weighted by Crippen LogP contribution is -2.56. The molecule has 0 aromatic carbocycles. The molecule has 0 aromatic rings. The summed E-state index contributed by atoms with van der Waals surface area (Å²) in [5.74, 6) is 3.99. The van der Waals surface area contributed by atoms with Gasteiger partial charge in [0.15, 0.2) is 0 Å². The van der Waals surface area contributed by atoms with Crippen molar-refractivity contribution in [3.8, 4) is 0 Å². The van der Waals surface area contributed by atoms with Gasteiger partial charge in [-0.2, -0.15) is 0 Å². The van der Waals surface area contributed by atoms with E-state index in [1.807, 2.05) is 0 Å². The van der Waals surface area contributed by atoms with E-state index in [1.54, 1.807) is 0 Å². The maximum absolute atomic E-state index is 12.1. The van der Waals surface area contributed by atoms with Crippen LogP contribution in [0.3, 0.4) is 0 Å². The third-order valence-corrected chi connectivity index (χ3v) is 8.98. The number of ketones is 1. The Bertz CT molecular complexity index is 486. The molecule has 22 heavy (non-hydrogen) atoms. The SMILES string of the molecule is C[C@]12CC[C@H]3[C@@H](CC[C@H]4CC(=O)C[C@H]([13CH3])[C@@]43C)[C@@H]1CC[C@@H]2O. The molecule has 0 heterocycles. The zero-order chi connectivity index (χ0) is 15.7. The summed E-state index contributed by atoms with van der Waals surface area (Å²) in [5.41, 5.74) is 0.545. The van der Waals surface area contributed by atoms with Gasteiger partial charge in [0.1, 0.15) is 5.78 Å². The predicted molar refractivity (Wildman–Crippen MR) is 87.3 cm³/mol. The van der Waals surface area contributed by atoms with Gasteiger partial charge in [-0.3, -0.25) is 4.79 Å². The van der Waals surface area contributed by atoms with Crippen LogP contribution in [0.5, 0.6) is 0 Å². The highest BCUT2D eigenvalue weighted by molar-refractivity contribution is 5.80. The van der Waals surface area contributed by atoms with Crippen LogP contribution in [0.4, 0.5) is 0 Å². The van der Waals surface area contributed by atoms with Crippen molar-refractivity contribution in [2.45, 2.75) is 78.2 Å². The summed E-state index contributed by atoms with van der Waals surface area (Å²) in [5, 5.41) is 10.5. The van der Waals surface area contributed by atoms with Crippen molar-refractivity contribution in [1.29, 1.82) is 0 Å². The van der Waals surface area contributed by atoms with Crippen molar-refractivity contribution in [1.82, 2.24) is 0 Å². The average molecular weight is 305 g/mol. The fourth-order valence-electron chi connectivity index (χ4n) is 7.45. The van der Waals surface area contributed by atoms with Crippen molar-refractivity contribution < 1.29 is 9.90 Å². The minimum absolute atomic E-state index is 0.0747. The summed E-state index contributed by atoms with van der Waals surface area (Å²) in [7, 11) is 0. The zero-order valence-corrected chi connectivity index (χ0v) is 14.5. The highest BCUT2D eigenvalue weighted by atomic mass is 16.3. The summed E-state index contributed by atoms with van der Waals surface area (Å²) in [6.07, 6.45) is 8.84. The highest BCUT2D eigenvalue weighted by Gasteiger charge is 2.61. The second-order valence-corrected chi connectivity index (χ2v) is 9.50. The molecule has 4 saturated carbocycles. The molecule has 0 spiro atoms. The van der Waals surface area contributed by atoms with Crippen LogP contribution in [0.25, 0.3) is 0 Å². The van der Waals surface area contributed by atoms with Gasteiger partial charge in [-0.05, 0) is 78.9 Å². The number of hydrogen-bond donors (Lipinski definition) is 1. The van der Waals surface area contributed by atoms with Gasteiger partial charge in [-0.25, -0.2) is 0 Å². The van der Waals surface area contributed by atoms with E-state index in [4.69, 9.17) is 0 Å². The number of aliphatic hydroxyl groups excluding tert-OH is 1. The van der Waals surface area contributed by atoms with Gasteiger partial charge >= 0.3 is 0 Å². The molecular formula is C20H32O2. The number of aliphatic hydroxyl groups is 1. The van der Waals surface area contributed by atoms with E-state index in [0.717, 1.165) is 37.0 Å². The quantitative estimate of drug-likeness (QED) is 0.681. The first kappa shape index (κ1) is 15.2. The van der Waals surface area contributed by atoms with Crippen LogP contribution in [-0.4, -0.2) is 17.0 Å². The van der Waals surface area contributed by atoms with Crippen molar-refractivity contribution in [3.63, 3.8) is 0 Å². The van der Waals surface area contributed by atoms with Crippen molar-refractivity contribution in [3.05, 3.63) is 0 Å². The second kappa shape index (κ2) is 4.82. The van der Waals surface area contributed by atoms with E-state index in [1.165, 1.54) is 32.1 Å². The molecular weight excluding hydrogens is 273 g/mol. The van der Waals surface area contributed by atoms with E-state index >= 15 is 0 Å². The summed E-state index contributed by atoms with van der Waals surface area (Å²) in [4.78, 5) is 12.1. The minimum Gasteiger partial charge on any atom is -0.393 e. The molecule has 124 valence electrons. The molecule has 0 aliphatic heterocycles. The monoisotopic (exact) mass is 305 g/mol. The van der Waals surface area contributed by atoms with E-state index in [-0.39, 0.29) is 11.5 Å². The molecule has 0 aromatic heterocycles. The van der Waals surface area contributed by atoms with E-state index in [2.05, 4.69) is 20.8 Å². The normalized spacial score (nSPS) is 57.9. The Labute approximate surface area is 135 Å². The van der Waals surface area contributed by atoms with Crippen LogP contribution in [0.2, 0.25) is 0 Å². The maximum Gasteiger partial charge on any atom is 0.133 e. The average Bonchev–Trinajstić information content (AvgIpc) is 2.77. The Hall–Kier alpha value is -0.370. The minimum atomic E-state index is -0.0747. The molecule has 0 radical (unpaired) electrons. The standard InChI is InChI=1S/C20H32O2/c1-12-10-14(21)11-13-4-5-15-16-6-7-18(22)19(16,2)9-8-17(15)20(12,13)3/h12-13,15-18,22H,4-11H2,1-3H3/t12-,13-,15-,16-,17-,18-,19-,20-/m0/s1/i1+1. The predicted octanol–water partition coefficient (Wildman–Crippen LogP) is 4.21. The van der Waals surface area contributed by atoms with Crippen LogP contribution in [0.1, 0.15) is 72.1 Å². The van der Waals surface area contributed by atoms with Gasteiger partial charge in [-0.1, -0.05) is 20.8 Å². The summed E-state index contributed by atoms with van der Waals surface area (Å²) >= 11 is 0. The second-order valence-electron chi connectivity index (χ2n) is 9.50. The van der Waals surface area contributed by atoms with Gasteiger partial charge in [0.2, 0.25) is 0 Å². The molecule has 0 saturated heterocycles. The molecule has 1 N–H and O–H groups in total. The lowest BCUT2D eigenvalue weighted by Gasteiger charge is -2.62. The Morgan fingerprint density at radius 3 is 2.55 bits per heavy atom. The van der Waals surface area contributed by atoms with Crippen LogP contribution in [0.15, 0.2) is 0 Å². The molecule has 0 bridgehead atoms. The van der Waals surface area contributed by atoms with E-state index in [0.29, 0.717) is 23.0 Å². The summed E-state index contributed by atoms with van der Waals surface area (Å²) in [6, 6.07) is 0. The summed E-state index contributed by atoms with van der Waals surface area (Å²) in [6.45, 7) is 7.21. The Morgan fingerprint density at radius 2 is 1.77 bits per heavy atom. The van der Waals surface area contributed by atoms with Crippen molar-refractivity contribution in [2.24, 2.45) is 40.4 Å². The molecule has 4 rings (SSSR count). The molecule has 0 amide bonds. The third-order valence-electron chi connectivity index (χ3n) is 8.98. The fraction of sp³-hybridized carbons (Fsp3) is 0.950. The molecule has 2 heteroatoms. The topological polar surface area (TPSA) is 37.3 Å². The van der Waals surface area contributed by atoms with Crippen LogP contribution >= 0.6 is 0 Å². The van der Waals surface area contributed by atoms with E-state index < -0.39 is 0 Å². The number of carbonyl (C=O) groups is 1. The van der Waals surface area contributed by atoms with Crippen LogP contribution in [-0.2, 0) is 4.79 Å². The Morgan fingerprint density at radius 1 is 1.00 bits per heavy atom. The number of hydrogen-bond acceptors (Lipinski definition) is 2. The number of Topliss-reactive ketones (excluding diaryl/α,β-unsaturated/α-hetero) is 1. The zero-order valence-electron chi connectivity index (χ0n) is 14.5. The van der Waals surface area contributed by atoms with Crippen LogP contribution < -0.4 is 0 Å².